The Hall–Kier alpha value is -1.06. The number of benzene rings is 1. The lowest BCUT2D eigenvalue weighted by atomic mass is 10.00. The number of nitrogens with one attached hydrogen (secondary N) is 1. The maximum Gasteiger partial charge on any atom is 0.119 e. The monoisotopic (exact) mass is 277 g/mol. The standard InChI is InChI=1S/C17H27NO2/c1-13-6-5-9-17(10-13)20-12-16(19)11-18-14(2)15-7-3-4-8-15/h5-6,9-10,14-16,18-19H,3-4,7-8,11-12H2,1-2H3/t14-,16?/m1/s1. The first kappa shape index (κ1) is 15.3. The lowest BCUT2D eigenvalue weighted by Crippen LogP contribution is -2.39. The highest BCUT2D eigenvalue weighted by Gasteiger charge is 2.21. The second-order valence-electron chi connectivity index (χ2n) is 6.02. The van der Waals surface area contributed by atoms with E-state index in [9.17, 15) is 5.11 Å². The molecule has 2 atom stereocenters. The smallest absolute Gasteiger partial charge is 0.119 e. The highest BCUT2D eigenvalue weighted by atomic mass is 16.5. The lowest BCUT2D eigenvalue weighted by Gasteiger charge is -2.22. The van der Waals surface area contributed by atoms with Gasteiger partial charge in [-0.3, -0.25) is 0 Å². The van der Waals surface area contributed by atoms with Gasteiger partial charge in [0, 0.05) is 12.6 Å². The van der Waals surface area contributed by atoms with Gasteiger partial charge in [0.15, 0.2) is 0 Å². The van der Waals surface area contributed by atoms with Crippen molar-refractivity contribution in [1.82, 2.24) is 5.32 Å². The minimum Gasteiger partial charge on any atom is -0.491 e. The van der Waals surface area contributed by atoms with Gasteiger partial charge in [0.2, 0.25) is 0 Å². The third-order valence-corrected chi connectivity index (χ3v) is 4.21. The molecule has 20 heavy (non-hydrogen) atoms. The second kappa shape index (κ2) is 7.65. The molecule has 0 radical (unpaired) electrons. The normalized spacial score (nSPS) is 18.9. The van der Waals surface area contributed by atoms with Crippen LogP contribution in [0.3, 0.4) is 0 Å². The molecule has 0 bridgehead atoms. The summed E-state index contributed by atoms with van der Waals surface area (Å²) in [7, 11) is 0. The van der Waals surface area contributed by atoms with E-state index in [0.29, 0.717) is 19.2 Å². The zero-order chi connectivity index (χ0) is 14.4. The van der Waals surface area contributed by atoms with Crippen molar-refractivity contribution in [3.63, 3.8) is 0 Å². The Balaban J connectivity index is 1.66. The van der Waals surface area contributed by atoms with E-state index in [2.05, 4.69) is 12.2 Å². The molecular weight excluding hydrogens is 250 g/mol. The van der Waals surface area contributed by atoms with Gasteiger partial charge in [0.25, 0.3) is 0 Å². The zero-order valence-corrected chi connectivity index (χ0v) is 12.6. The highest BCUT2D eigenvalue weighted by Crippen LogP contribution is 2.27. The van der Waals surface area contributed by atoms with Crippen molar-refractivity contribution in [3.8, 4) is 5.75 Å². The molecule has 0 heterocycles. The molecule has 112 valence electrons. The molecule has 2 N–H and O–H groups in total. The van der Waals surface area contributed by atoms with Gasteiger partial charge in [-0.1, -0.05) is 25.0 Å². The van der Waals surface area contributed by atoms with E-state index in [-0.39, 0.29) is 0 Å². The number of rotatable bonds is 7. The minimum absolute atomic E-state index is 0.341. The van der Waals surface area contributed by atoms with Crippen molar-refractivity contribution in [2.75, 3.05) is 13.2 Å². The molecule has 1 aliphatic carbocycles. The third kappa shape index (κ3) is 4.80. The van der Waals surface area contributed by atoms with Crippen LogP contribution in [0.1, 0.15) is 38.2 Å². The number of aliphatic hydroxyl groups excluding tert-OH is 1. The third-order valence-electron chi connectivity index (χ3n) is 4.21. The summed E-state index contributed by atoms with van der Waals surface area (Å²) in [4.78, 5) is 0. The first-order valence-electron chi connectivity index (χ1n) is 7.76. The molecule has 3 nitrogen and oxygen atoms in total. The summed E-state index contributed by atoms with van der Waals surface area (Å²) in [6.45, 7) is 5.20. The number of hydrogen-bond donors (Lipinski definition) is 2. The van der Waals surface area contributed by atoms with Crippen LogP contribution < -0.4 is 10.1 Å². The Morgan fingerprint density at radius 1 is 1.35 bits per heavy atom. The van der Waals surface area contributed by atoms with E-state index in [4.69, 9.17) is 4.74 Å². The summed E-state index contributed by atoms with van der Waals surface area (Å²) >= 11 is 0. The van der Waals surface area contributed by atoms with Crippen molar-refractivity contribution >= 4 is 0 Å². The van der Waals surface area contributed by atoms with Crippen molar-refractivity contribution in [3.05, 3.63) is 29.8 Å². The van der Waals surface area contributed by atoms with Crippen LogP contribution >= 0.6 is 0 Å². The van der Waals surface area contributed by atoms with E-state index in [0.717, 1.165) is 11.7 Å². The summed E-state index contributed by atoms with van der Waals surface area (Å²) in [6, 6.07) is 8.41. The molecule has 2 rings (SSSR count). The second-order valence-corrected chi connectivity index (χ2v) is 6.02. The fourth-order valence-electron chi connectivity index (χ4n) is 2.90. The summed E-state index contributed by atoms with van der Waals surface area (Å²) in [5, 5.41) is 13.4. The van der Waals surface area contributed by atoms with Crippen molar-refractivity contribution in [2.24, 2.45) is 5.92 Å². The Morgan fingerprint density at radius 3 is 2.80 bits per heavy atom. The van der Waals surface area contributed by atoms with Crippen LogP contribution in [0.5, 0.6) is 5.75 Å². The van der Waals surface area contributed by atoms with Gasteiger partial charge in [-0.15, -0.1) is 0 Å². The predicted octanol–water partition coefficient (Wildman–Crippen LogP) is 2.90. The van der Waals surface area contributed by atoms with Crippen LogP contribution in [0.15, 0.2) is 24.3 Å². The van der Waals surface area contributed by atoms with E-state index in [1.54, 1.807) is 0 Å². The molecule has 0 amide bonds. The molecule has 1 aliphatic rings. The number of ether oxygens (including phenoxy) is 1. The molecule has 1 saturated carbocycles. The fourth-order valence-corrected chi connectivity index (χ4v) is 2.90. The van der Waals surface area contributed by atoms with E-state index in [1.165, 1.54) is 31.2 Å². The molecule has 1 fully saturated rings. The highest BCUT2D eigenvalue weighted by molar-refractivity contribution is 5.27. The molecule has 0 aromatic heterocycles. The van der Waals surface area contributed by atoms with Gasteiger partial charge in [0.1, 0.15) is 18.5 Å². The Morgan fingerprint density at radius 2 is 2.10 bits per heavy atom. The van der Waals surface area contributed by atoms with E-state index < -0.39 is 6.10 Å². The maximum atomic E-state index is 9.98. The summed E-state index contributed by atoms with van der Waals surface area (Å²) in [5.74, 6) is 1.60. The number of aliphatic hydroxyl groups is 1. The topological polar surface area (TPSA) is 41.5 Å². The minimum atomic E-state index is -0.459. The summed E-state index contributed by atoms with van der Waals surface area (Å²) < 4.78 is 5.62. The average molecular weight is 277 g/mol. The van der Waals surface area contributed by atoms with Gasteiger partial charge >= 0.3 is 0 Å². The van der Waals surface area contributed by atoms with Crippen LogP contribution in [0.4, 0.5) is 0 Å². The summed E-state index contributed by atoms with van der Waals surface area (Å²) in [5.41, 5.74) is 1.17. The fraction of sp³-hybridized carbons (Fsp3) is 0.647. The van der Waals surface area contributed by atoms with Crippen LogP contribution in [0.2, 0.25) is 0 Å². The van der Waals surface area contributed by atoms with Crippen molar-refractivity contribution < 1.29 is 9.84 Å². The largest absolute Gasteiger partial charge is 0.491 e. The van der Waals surface area contributed by atoms with Crippen molar-refractivity contribution in [2.45, 2.75) is 51.7 Å². The molecule has 0 spiro atoms. The van der Waals surface area contributed by atoms with Crippen LogP contribution in [0.25, 0.3) is 0 Å². The number of hydrogen-bond acceptors (Lipinski definition) is 3. The maximum absolute atomic E-state index is 9.98. The zero-order valence-electron chi connectivity index (χ0n) is 12.6. The van der Waals surface area contributed by atoms with Crippen LogP contribution in [-0.4, -0.2) is 30.4 Å². The first-order chi connectivity index (χ1) is 9.65. The molecule has 1 aromatic rings. The quantitative estimate of drug-likeness (QED) is 0.805. The SMILES string of the molecule is Cc1cccc(OCC(O)CN[C@H](C)C2CCCC2)c1. The summed E-state index contributed by atoms with van der Waals surface area (Å²) in [6.07, 6.45) is 4.90. The van der Waals surface area contributed by atoms with Gasteiger partial charge in [-0.2, -0.15) is 0 Å². The average Bonchev–Trinajstić information content (AvgIpc) is 2.97. The first-order valence-corrected chi connectivity index (χ1v) is 7.76. The predicted molar refractivity (Wildman–Crippen MR) is 82.1 cm³/mol. The molecule has 0 aliphatic heterocycles. The number of aryl methyl sites for hydroxylation is 1. The lowest BCUT2D eigenvalue weighted by molar-refractivity contribution is 0.102. The molecular formula is C17H27NO2. The van der Waals surface area contributed by atoms with Crippen LogP contribution in [-0.2, 0) is 0 Å². The Labute approximate surface area is 122 Å². The van der Waals surface area contributed by atoms with Gasteiger partial charge < -0.3 is 15.2 Å². The molecule has 1 aromatic carbocycles. The van der Waals surface area contributed by atoms with E-state index in [1.807, 2.05) is 31.2 Å². The van der Waals surface area contributed by atoms with E-state index >= 15 is 0 Å². The van der Waals surface area contributed by atoms with Gasteiger partial charge in [0.05, 0.1) is 0 Å². The molecule has 3 heteroatoms. The van der Waals surface area contributed by atoms with Gasteiger partial charge in [-0.05, 0) is 50.3 Å². The Bertz CT molecular complexity index is 402. The van der Waals surface area contributed by atoms with Crippen LogP contribution in [0, 0.1) is 12.8 Å². The molecule has 1 unspecified atom stereocenters. The Kier molecular flexibility index (Phi) is 5.86. The molecule has 0 saturated heterocycles. The van der Waals surface area contributed by atoms with Crippen molar-refractivity contribution in [1.29, 1.82) is 0 Å². The van der Waals surface area contributed by atoms with Gasteiger partial charge in [-0.25, -0.2) is 0 Å².